The van der Waals surface area contributed by atoms with Crippen LogP contribution in [0.4, 0.5) is 0 Å². The summed E-state index contributed by atoms with van der Waals surface area (Å²) in [5, 5.41) is 0. The van der Waals surface area contributed by atoms with Crippen LogP contribution in [0.1, 0.15) is 34.1 Å². The van der Waals surface area contributed by atoms with Crippen molar-refractivity contribution in [3.8, 4) is 0 Å². The lowest BCUT2D eigenvalue weighted by Crippen LogP contribution is -2.23. The van der Waals surface area contributed by atoms with E-state index < -0.39 is 0 Å². The highest BCUT2D eigenvalue weighted by Crippen LogP contribution is 2.28. The van der Waals surface area contributed by atoms with Gasteiger partial charge in [0.15, 0.2) is 0 Å². The van der Waals surface area contributed by atoms with E-state index in [1.54, 1.807) is 7.11 Å². The van der Waals surface area contributed by atoms with Gasteiger partial charge in [-0.15, -0.1) is 0 Å². The molecule has 0 heterocycles. The van der Waals surface area contributed by atoms with Gasteiger partial charge in [-0.3, -0.25) is 0 Å². The minimum atomic E-state index is 0.394. The Morgan fingerprint density at radius 3 is 1.90 bits per heavy atom. The zero-order valence-corrected chi connectivity index (χ0v) is 7.90. The molecule has 0 bridgehead atoms. The highest BCUT2D eigenvalue weighted by molar-refractivity contribution is 4.71. The lowest BCUT2D eigenvalue weighted by atomic mass is 9.80. The van der Waals surface area contributed by atoms with Crippen molar-refractivity contribution in [2.45, 2.75) is 34.1 Å². The van der Waals surface area contributed by atoms with E-state index in [2.05, 4.69) is 27.7 Å². The molecule has 1 heteroatoms. The summed E-state index contributed by atoms with van der Waals surface area (Å²) in [6, 6.07) is 0. The fourth-order valence-corrected chi connectivity index (χ4v) is 1.18. The fourth-order valence-electron chi connectivity index (χ4n) is 1.18. The van der Waals surface area contributed by atoms with Gasteiger partial charge in [0.2, 0.25) is 0 Å². The zero-order chi connectivity index (χ0) is 8.20. The maximum atomic E-state index is 5.12. The van der Waals surface area contributed by atoms with Gasteiger partial charge in [0, 0.05) is 13.7 Å². The van der Waals surface area contributed by atoms with E-state index in [0.717, 1.165) is 6.61 Å². The predicted octanol–water partition coefficient (Wildman–Crippen LogP) is 2.71. The predicted molar refractivity (Wildman–Crippen MR) is 45.1 cm³/mol. The monoisotopic (exact) mass is 144 g/mol. The van der Waals surface area contributed by atoms with Crippen LogP contribution in [0, 0.1) is 11.3 Å². The Balaban J connectivity index is 3.81. The first-order valence-corrected chi connectivity index (χ1v) is 4.01. The van der Waals surface area contributed by atoms with Gasteiger partial charge in [-0.05, 0) is 11.3 Å². The molecule has 0 aromatic rings. The number of rotatable bonds is 3. The van der Waals surface area contributed by atoms with Crippen LogP contribution < -0.4 is 0 Å². The lowest BCUT2D eigenvalue weighted by Gasteiger charge is -2.28. The topological polar surface area (TPSA) is 9.23 Å². The van der Waals surface area contributed by atoms with Crippen LogP contribution in [-0.4, -0.2) is 13.7 Å². The SMILES string of the molecule is CC[C@H](COC)C(C)(C)C. The minimum Gasteiger partial charge on any atom is -0.384 e. The standard InChI is InChI=1S/C9H20O/c1-6-8(7-10-5)9(2,3)4/h8H,6-7H2,1-5H3/t8-/m1/s1. The summed E-state index contributed by atoms with van der Waals surface area (Å²) in [5.74, 6) is 0.692. The molecule has 1 atom stereocenters. The van der Waals surface area contributed by atoms with Crippen molar-refractivity contribution in [1.82, 2.24) is 0 Å². The Hall–Kier alpha value is -0.0400. The summed E-state index contributed by atoms with van der Waals surface area (Å²) in [6.07, 6.45) is 1.21. The van der Waals surface area contributed by atoms with E-state index in [4.69, 9.17) is 4.74 Å². The van der Waals surface area contributed by atoms with E-state index in [9.17, 15) is 0 Å². The Labute approximate surface area is 64.8 Å². The number of hydrogen-bond acceptors (Lipinski definition) is 1. The molecule has 0 aliphatic rings. The highest BCUT2D eigenvalue weighted by Gasteiger charge is 2.21. The molecule has 62 valence electrons. The lowest BCUT2D eigenvalue weighted by molar-refractivity contribution is 0.0877. The summed E-state index contributed by atoms with van der Waals surface area (Å²) >= 11 is 0. The molecule has 0 rings (SSSR count). The number of methoxy groups -OCH3 is 1. The van der Waals surface area contributed by atoms with E-state index >= 15 is 0 Å². The van der Waals surface area contributed by atoms with E-state index in [0.29, 0.717) is 11.3 Å². The van der Waals surface area contributed by atoms with E-state index in [1.165, 1.54) is 6.42 Å². The third-order valence-electron chi connectivity index (χ3n) is 2.09. The van der Waals surface area contributed by atoms with Gasteiger partial charge in [-0.25, -0.2) is 0 Å². The summed E-state index contributed by atoms with van der Waals surface area (Å²) < 4.78 is 5.12. The first-order valence-electron chi connectivity index (χ1n) is 4.01. The molecule has 0 aromatic heterocycles. The maximum Gasteiger partial charge on any atom is 0.0495 e. The van der Waals surface area contributed by atoms with Crippen LogP contribution >= 0.6 is 0 Å². The molecule has 0 aliphatic carbocycles. The van der Waals surface area contributed by atoms with Gasteiger partial charge in [0.1, 0.15) is 0 Å². The summed E-state index contributed by atoms with van der Waals surface area (Å²) in [6.45, 7) is 9.90. The normalized spacial score (nSPS) is 15.3. The Morgan fingerprint density at radius 1 is 1.30 bits per heavy atom. The quantitative estimate of drug-likeness (QED) is 0.591. The Kier molecular flexibility index (Phi) is 3.95. The first kappa shape index (κ1) is 9.96. The largest absolute Gasteiger partial charge is 0.384 e. The molecular weight excluding hydrogens is 124 g/mol. The maximum absolute atomic E-state index is 5.12. The number of ether oxygens (including phenoxy) is 1. The van der Waals surface area contributed by atoms with E-state index in [1.807, 2.05) is 0 Å². The second-order valence-electron chi connectivity index (χ2n) is 3.93. The molecule has 0 spiro atoms. The van der Waals surface area contributed by atoms with Gasteiger partial charge in [0.25, 0.3) is 0 Å². The summed E-state index contributed by atoms with van der Waals surface area (Å²) in [7, 11) is 1.77. The van der Waals surface area contributed by atoms with Crippen molar-refractivity contribution >= 4 is 0 Å². The molecule has 1 nitrogen and oxygen atoms in total. The third-order valence-corrected chi connectivity index (χ3v) is 2.09. The molecule has 0 saturated heterocycles. The van der Waals surface area contributed by atoms with Gasteiger partial charge >= 0.3 is 0 Å². The number of hydrogen-bond donors (Lipinski definition) is 0. The van der Waals surface area contributed by atoms with Gasteiger partial charge < -0.3 is 4.74 Å². The van der Waals surface area contributed by atoms with Crippen LogP contribution in [0.5, 0.6) is 0 Å². The summed E-state index contributed by atoms with van der Waals surface area (Å²) in [5.41, 5.74) is 0.394. The second kappa shape index (κ2) is 3.97. The van der Waals surface area contributed by atoms with Gasteiger partial charge in [0.05, 0.1) is 0 Å². The molecule has 0 fully saturated rings. The van der Waals surface area contributed by atoms with Crippen molar-refractivity contribution in [2.24, 2.45) is 11.3 Å². The second-order valence-corrected chi connectivity index (χ2v) is 3.93. The van der Waals surface area contributed by atoms with Crippen molar-refractivity contribution in [1.29, 1.82) is 0 Å². The molecular formula is C9H20O. The van der Waals surface area contributed by atoms with Crippen LogP contribution in [-0.2, 0) is 4.74 Å². The van der Waals surface area contributed by atoms with Crippen LogP contribution in [0.2, 0.25) is 0 Å². The molecule has 0 aromatic carbocycles. The van der Waals surface area contributed by atoms with Crippen molar-refractivity contribution < 1.29 is 4.74 Å². The van der Waals surface area contributed by atoms with Crippen LogP contribution in [0.25, 0.3) is 0 Å². The van der Waals surface area contributed by atoms with Crippen LogP contribution in [0.3, 0.4) is 0 Å². The molecule has 0 radical (unpaired) electrons. The molecule has 0 unspecified atom stereocenters. The zero-order valence-electron chi connectivity index (χ0n) is 7.90. The average Bonchev–Trinajstić information content (AvgIpc) is 1.80. The van der Waals surface area contributed by atoms with Gasteiger partial charge in [-0.2, -0.15) is 0 Å². The smallest absolute Gasteiger partial charge is 0.0495 e. The molecule has 10 heavy (non-hydrogen) atoms. The third kappa shape index (κ3) is 3.21. The molecule has 0 amide bonds. The molecule has 0 N–H and O–H groups in total. The molecule has 0 aliphatic heterocycles. The average molecular weight is 144 g/mol. The minimum absolute atomic E-state index is 0.394. The fraction of sp³-hybridized carbons (Fsp3) is 1.00. The Bertz CT molecular complexity index is 81.2. The highest BCUT2D eigenvalue weighted by atomic mass is 16.5. The van der Waals surface area contributed by atoms with Crippen molar-refractivity contribution in [3.63, 3.8) is 0 Å². The summed E-state index contributed by atoms with van der Waals surface area (Å²) in [4.78, 5) is 0. The van der Waals surface area contributed by atoms with Crippen LogP contribution in [0.15, 0.2) is 0 Å². The van der Waals surface area contributed by atoms with Gasteiger partial charge in [-0.1, -0.05) is 34.1 Å². The van der Waals surface area contributed by atoms with Crippen molar-refractivity contribution in [3.05, 3.63) is 0 Å². The molecule has 0 saturated carbocycles. The first-order chi connectivity index (χ1) is 4.52. The van der Waals surface area contributed by atoms with Crippen molar-refractivity contribution in [2.75, 3.05) is 13.7 Å². The Morgan fingerprint density at radius 2 is 1.80 bits per heavy atom. The van der Waals surface area contributed by atoms with E-state index in [-0.39, 0.29) is 0 Å².